The fraction of sp³-hybridized carbons (Fsp3) is 0.118. The molecule has 0 unspecified atom stereocenters. The third kappa shape index (κ3) is 4.92. The molecule has 2 aromatic rings. The summed E-state index contributed by atoms with van der Waals surface area (Å²) in [7, 11) is 2.97. The van der Waals surface area contributed by atoms with E-state index in [2.05, 4.69) is 10.6 Å². The van der Waals surface area contributed by atoms with Crippen LogP contribution >= 0.6 is 12.2 Å². The summed E-state index contributed by atoms with van der Waals surface area (Å²) in [5, 5.41) is 14.3. The zero-order valence-electron chi connectivity index (χ0n) is 13.5. The lowest BCUT2D eigenvalue weighted by molar-refractivity contribution is 0.0696. The van der Waals surface area contributed by atoms with Crippen LogP contribution in [0.5, 0.6) is 11.5 Å². The number of nitrogens with one attached hydrogen (secondary N) is 2. The maximum Gasteiger partial charge on any atom is 0.335 e. The highest BCUT2D eigenvalue weighted by molar-refractivity contribution is 7.80. The van der Waals surface area contributed by atoms with Crippen LogP contribution in [-0.2, 0) is 0 Å². The lowest BCUT2D eigenvalue weighted by Gasteiger charge is -2.11. The van der Waals surface area contributed by atoms with E-state index in [1.807, 2.05) is 0 Å². The van der Waals surface area contributed by atoms with E-state index in [1.54, 1.807) is 30.3 Å². The first kappa shape index (κ1) is 18.2. The number of carbonyl (C=O) groups is 2. The Morgan fingerprint density at radius 1 is 1.00 bits per heavy atom. The fourth-order valence-electron chi connectivity index (χ4n) is 2.01. The number of carbonyl (C=O) groups excluding carboxylic acids is 1. The van der Waals surface area contributed by atoms with Gasteiger partial charge in [-0.2, -0.15) is 0 Å². The van der Waals surface area contributed by atoms with E-state index in [0.717, 1.165) is 0 Å². The Bertz CT molecular complexity index is 800. The molecule has 3 N–H and O–H groups in total. The van der Waals surface area contributed by atoms with Gasteiger partial charge in [0.2, 0.25) is 0 Å². The van der Waals surface area contributed by atoms with Crippen LogP contribution in [0.4, 0.5) is 5.69 Å². The van der Waals surface area contributed by atoms with Gasteiger partial charge in [-0.3, -0.25) is 10.1 Å². The summed E-state index contributed by atoms with van der Waals surface area (Å²) in [6.07, 6.45) is 0. The van der Waals surface area contributed by atoms with Crippen molar-refractivity contribution in [2.24, 2.45) is 0 Å². The summed E-state index contributed by atoms with van der Waals surface area (Å²) in [6, 6.07) is 10.8. The molecule has 2 aromatic carbocycles. The second-order valence-corrected chi connectivity index (χ2v) is 5.30. The zero-order chi connectivity index (χ0) is 18.4. The molecule has 0 aliphatic heterocycles. The van der Waals surface area contributed by atoms with Crippen LogP contribution in [0.1, 0.15) is 20.7 Å². The summed E-state index contributed by atoms with van der Waals surface area (Å²) >= 11 is 5.09. The molecule has 130 valence electrons. The van der Waals surface area contributed by atoms with Crippen molar-refractivity contribution in [2.45, 2.75) is 0 Å². The molecule has 0 spiro atoms. The van der Waals surface area contributed by atoms with E-state index in [0.29, 0.717) is 22.7 Å². The molecule has 0 saturated heterocycles. The predicted molar refractivity (Wildman–Crippen MR) is 96.6 cm³/mol. The summed E-state index contributed by atoms with van der Waals surface area (Å²) in [5.74, 6) is -0.568. The van der Waals surface area contributed by atoms with Crippen LogP contribution in [0.2, 0.25) is 0 Å². The Balaban J connectivity index is 2.09. The smallest absolute Gasteiger partial charge is 0.335 e. The second-order valence-electron chi connectivity index (χ2n) is 4.90. The summed E-state index contributed by atoms with van der Waals surface area (Å²) in [4.78, 5) is 23.3. The predicted octanol–water partition coefficient (Wildman–Crippen LogP) is 2.53. The number of methoxy groups -OCH3 is 2. The number of carboxylic acids is 1. The topological polar surface area (TPSA) is 96.9 Å². The van der Waals surface area contributed by atoms with E-state index in [4.69, 9.17) is 26.8 Å². The van der Waals surface area contributed by atoms with Gasteiger partial charge in [0.05, 0.1) is 19.8 Å². The van der Waals surface area contributed by atoms with Gasteiger partial charge < -0.3 is 19.9 Å². The Morgan fingerprint density at radius 2 is 1.64 bits per heavy atom. The van der Waals surface area contributed by atoms with E-state index in [-0.39, 0.29) is 10.7 Å². The summed E-state index contributed by atoms with van der Waals surface area (Å²) < 4.78 is 10.2. The highest BCUT2D eigenvalue weighted by Gasteiger charge is 2.12. The van der Waals surface area contributed by atoms with Crippen molar-refractivity contribution in [1.82, 2.24) is 5.32 Å². The minimum absolute atomic E-state index is 0.0364. The highest BCUT2D eigenvalue weighted by atomic mass is 32.1. The first-order chi connectivity index (χ1) is 11.9. The van der Waals surface area contributed by atoms with Crippen molar-refractivity contribution >= 4 is 34.9 Å². The maximum atomic E-state index is 12.3. The van der Waals surface area contributed by atoms with E-state index >= 15 is 0 Å². The molecular weight excluding hydrogens is 344 g/mol. The van der Waals surface area contributed by atoms with Crippen molar-refractivity contribution in [3.63, 3.8) is 0 Å². The zero-order valence-corrected chi connectivity index (χ0v) is 14.3. The second kappa shape index (κ2) is 8.11. The molecule has 0 aromatic heterocycles. The van der Waals surface area contributed by atoms with Gasteiger partial charge in [0, 0.05) is 17.3 Å². The van der Waals surface area contributed by atoms with Gasteiger partial charge in [0.1, 0.15) is 11.5 Å². The molecule has 0 atom stereocenters. The van der Waals surface area contributed by atoms with Crippen LogP contribution in [0.25, 0.3) is 0 Å². The number of ether oxygens (including phenoxy) is 2. The van der Waals surface area contributed by atoms with Crippen molar-refractivity contribution in [2.75, 3.05) is 19.5 Å². The number of anilines is 1. The molecule has 25 heavy (non-hydrogen) atoms. The van der Waals surface area contributed by atoms with Crippen molar-refractivity contribution in [1.29, 1.82) is 0 Å². The molecule has 0 aliphatic carbocycles. The third-order valence-electron chi connectivity index (χ3n) is 3.21. The molecule has 7 nitrogen and oxygen atoms in total. The lowest BCUT2D eigenvalue weighted by atomic mass is 10.2. The van der Waals surface area contributed by atoms with Crippen LogP contribution in [0, 0.1) is 0 Å². The normalized spacial score (nSPS) is 9.84. The summed E-state index contributed by atoms with van der Waals surface area (Å²) in [5.41, 5.74) is 0.865. The Hall–Kier alpha value is -3.13. The lowest BCUT2D eigenvalue weighted by Crippen LogP contribution is -2.34. The fourth-order valence-corrected chi connectivity index (χ4v) is 2.22. The largest absolute Gasteiger partial charge is 0.497 e. The Labute approximate surface area is 149 Å². The summed E-state index contributed by atoms with van der Waals surface area (Å²) in [6.45, 7) is 0. The molecule has 0 bridgehead atoms. The highest BCUT2D eigenvalue weighted by Crippen LogP contribution is 2.22. The molecule has 0 radical (unpaired) electrons. The van der Waals surface area contributed by atoms with Crippen LogP contribution < -0.4 is 20.1 Å². The molecule has 1 amide bonds. The van der Waals surface area contributed by atoms with Gasteiger partial charge in [-0.05, 0) is 42.5 Å². The third-order valence-corrected chi connectivity index (χ3v) is 3.41. The van der Waals surface area contributed by atoms with Gasteiger partial charge in [0.15, 0.2) is 5.11 Å². The number of aromatic carboxylic acids is 1. The SMILES string of the molecule is COc1cc(OC)cc(C(=O)NC(=S)Nc2cccc(C(=O)O)c2)c1. The quantitative estimate of drug-likeness (QED) is 0.705. The number of benzene rings is 2. The average molecular weight is 360 g/mol. The average Bonchev–Trinajstić information content (AvgIpc) is 2.61. The van der Waals surface area contributed by atoms with Gasteiger partial charge >= 0.3 is 5.97 Å². The van der Waals surface area contributed by atoms with Crippen molar-refractivity contribution in [3.05, 3.63) is 53.6 Å². The monoisotopic (exact) mass is 360 g/mol. The maximum absolute atomic E-state index is 12.3. The van der Waals surface area contributed by atoms with Gasteiger partial charge in [0.25, 0.3) is 5.91 Å². The first-order valence-electron chi connectivity index (χ1n) is 7.11. The molecule has 0 saturated carbocycles. The van der Waals surface area contributed by atoms with E-state index < -0.39 is 11.9 Å². The van der Waals surface area contributed by atoms with Gasteiger partial charge in [-0.15, -0.1) is 0 Å². The molecule has 0 aliphatic rings. The molecule has 0 fully saturated rings. The number of rotatable bonds is 5. The van der Waals surface area contributed by atoms with Crippen LogP contribution in [0.15, 0.2) is 42.5 Å². The van der Waals surface area contributed by atoms with Gasteiger partial charge in [-0.1, -0.05) is 6.07 Å². The van der Waals surface area contributed by atoms with E-state index in [9.17, 15) is 9.59 Å². The molecule has 0 heterocycles. The molecule has 2 rings (SSSR count). The van der Waals surface area contributed by atoms with Crippen LogP contribution in [0.3, 0.4) is 0 Å². The number of hydrogen-bond acceptors (Lipinski definition) is 5. The Morgan fingerprint density at radius 3 is 2.20 bits per heavy atom. The minimum Gasteiger partial charge on any atom is -0.497 e. The van der Waals surface area contributed by atoms with Crippen molar-refractivity contribution < 1.29 is 24.2 Å². The minimum atomic E-state index is -1.05. The van der Waals surface area contributed by atoms with Crippen molar-refractivity contribution in [3.8, 4) is 11.5 Å². The number of hydrogen-bond donors (Lipinski definition) is 3. The number of thiocarbonyl (C=S) groups is 1. The van der Waals surface area contributed by atoms with Crippen LogP contribution in [-0.4, -0.2) is 36.3 Å². The Kier molecular flexibility index (Phi) is 5.91. The molecule has 8 heteroatoms. The first-order valence-corrected chi connectivity index (χ1v) is 7.52. The standard InChI is InChI=1S/C17H16N2O5S/c1-23-13-7-11(8-14(9-13)24-2)15(20)19-17(25)18-12-5-3-4-10(6-12)16(21)22/h3-9H,1-2H3,(H,21,22)(H2,18,19,20,25). The molecular formula is C17H16N2O5S. The van der Waals surface area contributed by atoms with E-state index in [1.165, 1.54) is 26.4 Å². The number of carboxylic acid groups (broad SMARTS) is 1. The number of amides is 1. The van der Waals surface area contributed by atoms with Gasteiger partial charge in [-0.25, -0.2) is 4.79 Å².